The van der Waals surface area contributed by atoms with E-state index in [1.54, 1.807) is 0 Å². The van der Waals surface area contributed by atoms with Crippen molar-refractivity contribution >= 4 is 0 Å². The molecule has 1 aromatic carbocycles. The van der Waals surface area contributed by atoms with E-state index in [1.807, 2.05) is 13.8 Å². The van der Waals surface area contributed by atoms with Crippen LogP contribution in [0.25, 0.3) is 0 Å². The average molecular weight is 228 g/mol. The minimum atomic E-state index is 0. The van der Waals surface area contributed by atoms with Crippen LogP contribution >= 0.6 is 0 Å². The molecule has 0 aliphatic rings. The van der Waals surface area contributed by atoms with Crippen molar-refractivity contribution in [3.8, 4) is 0 Å². The van der Waals surface area contributed by atoms with E-state index in [-0.39, 0.29) is 14.9 Å². The zero-order chi connectivity index (χ0) is 11.4. The lowest BCUT2D eigenvalue weighted by atomic mass is 10.0. The van der Waals surface area contributed by atoms with Gasteiger partial charge in [0.05, 0.1) is 0 Å². The molecule has 0 spiro atoms. The highest BCUT2D eigenvalue weighted by Crippen LogP contribution is 2.05. The highest BCUT2D eigenvalue weighted by atomic mass is 16.2. The molecule has 0 aliphatic carbocycles. The molecule has 1 nitrogen and oxygen atoms in total. The van der Waals surface area contributed by atoms with E-state index in [9.17, 15) is 0 Å². The van der Waals surface area contributed by atoms with Crippen molar-refractivity contribution < 1.29 is 5.11 Å². The highest BCUT2D eigenvalue weighted by Gasteiger charge is 1.94. The second kappa shape index (κ2) is 19.7. The normalized spacial score (nSPS) is 7.19. The van der Waals surface area contributed by atoms with Crippen molar-refractivity contribution in [2.45, 2.75) is 49.0 Å². The zero-order valence-electron chi connectivity index (χ0n) is 10.1. The first-order valence-electron chi connectivity index (χ1n) is 5.27. The lowest BCUT2D eigenvalue weighted by molar-refractivity contribution is 0.399. The first kappa shape index (κ1) is 24.4. The van der Waals surface area contributed by atoms with Crippen molar-refractivity contribution in [3.05, 3.63) is 35.9 Å². The Morgan fingerprint density at radius 3 is 1.62 bits per heavy atom. The Kier molecular flexibility index (Phi) is 30.1. The van der Waals surface area contributed by atoms with E-state index >= 15 is 0 Å². The maximum Gasteiger partial charge on any atom is 0.0319 e. The van der Waals surface area contributed by atoms with Gasteiger partial charge < -0.3 is 5.11 Å². The van der Waals surface area contributed by atoms with Gasteiger partial charge in [-0.3, -0.25) is 0 Å². The molecular formula is C15H32O. The largest absolute Gasteiger partial charge is 0.400 e. The number of benzene rings is 1. The average Bonchev–Trinajstić information content (AvgIpc) is 2.24. The molecule has 0 saturated heterocycles. The maximum atomic E-state index is 7.00. The Balaban J connectivity index is -0.000000109. The first-order chi connectivity index (χ1) is 6.79. The van der Waals surface area contributed by atoms with Crippen LogP contribution in [0.3, 0.4) is 0 Å². The van der Waals surface area contributed by atoms with E-state index < -0.39 is 0 Å². The first-order valence-corrected chi connectivity index (χ1v) is 5.27. The number of aliphatic hydroxyl groups excluding tert-OH is 1. The molecule has 0 aliphatic heterocycles. The van der Waals surface area contributed by atoms with Gasteiger partial charge in [-0.2, -0.15) is 0 Å². The van der Waals surface area contributed by atoms with Crippen LogP contribution in [0.1, 0.15) is 48.1 Å². The van der Waals surface area contributed by atoms with Gasteiger partial charge in [-0.05, 0) is 17.9 Å². The number of hydrogen-bond acceptors (Lipinski definition) is 1. The Labute approximate surface area is 104 Å². The number of aliphatic hydroxyl groups is 1. The van der Waals surface area contributed by atoms with Gasteiger partial charge in [-0.25, -0.2) is 0 Å². The zero-order valence-corrected chi connectivity index (χ0v) is 10.1. The molecule has 1 N–H and O–H groups in total. The van der Waals surface area contributed by atoms with Crippen LogP contribution in [0.5, 0.6) is 0 Å². The topological polar surface area (TPSA) is 20.2 Å². The fourth-order valence-corrected chi connectivity index (χ4v) is 1.09. The molecule has 0 aromatic heterocycles. The van der Waals surface area contributed by atoms with Crippen molar-refractivity contribution in [1.29, 1.82) is 0 Å². The van der Waals surface area contributed by atoms with Gasteiger partial charge in [0, 0.05) is 7.11 Å². The highest BCUT2D eigenvalue weighted by molar-refractivity contribution is 5.14. The van der Waals surface area contributed by atoms with Gasteiger partial charge in [0.2, 0.25) is 0 Å². The molecule has 0 saturated carbocycles. The number of hydrogen-bond donors (Lipinski definition) is 1. The Bertz CT molecular complexity index is 180. The SMILES string of the molecule is C.C.CC.CC(C)Cc1ccccc1.CO. The molecule has 0 radical (unpaired) electrons. The summed E-state index contributed by atoms with van der Waals surface area (Å²) in [7, 11) is 1.00. The van der Waals surface area contributed by atoms with Gasteiger partial charge in [-0.1, -0.05) is 72.9 Å². The molecular weight excluding hydrogens is 196 g/mol. The third-order valence-electron chi connectivity index (χ3n) is 1.49. The van der Waals surface area contributed by atoms with Gasteiger partial charge >= 0.3 is 0 Å². The molecule has 1 aromatic rings. The molecule has 98 valence electrons. The molecule has 1 heteroatoms. The Morgan fingerprint density at radius 1 is 0.938 bits per heavy atom. The van der Waals surface area contributed by atoms with E-state index in [2.05, 4.69) is 44.2 Å². The van der Waals surface area contributed by atoms with Crippen LogP contribution < -0.4 is 0 Å². The second-order valence-corrected chi connectivity index (χ2v) is 3.08. The summed E-state index contributed by atoms with van der Waals surface area (Å²) in [6.07, 6.45) is 1.20. The summed E-state index contributed by atoms with van der Waals surface area (Å²) in [4.78, 5) is 0. The number of rotatable bonds is 2. The summed E-state index contributed by atoms with van der Waals surface area (Å²) in [5.74, 6) is 0.766. The summed E-state index contributed by atoms with van der Waals surface area (Å²) in [5.41, 5.74) is 1.44. The molecule has 0 unspecified atom stereocenters. The lowest BCUT2D eigenvalue weighted by Gasteiger charge is -2.02. The van der Waals surface area contributed by atoms with Gasteiger partial charge in [0.25, 0.3) is 0 Å². The monoisotopic (exact) mass is 228 g/mol. The van der Waals surface area contributed by atoms with Gasteiger partial charge in [0.1, 0.15) is 0 Å². The Hall–Kier alpha value is -0.820. The van der Waals surface area contributed by atoms with E-state index in [1.165, 1.54) is 12.0 Å². The van der Waals surface area contributed by atoms with Crippen LogP contribution in [-0.4, -0.2) is 12.2 Å². The van der Waals surface area contributed by atoms with E-state index in [0.717, 1.165) is 13.0 Å². The third kappa shape index (κ3) is 15.6. The van der Waals surface area contributed by atoms with Crippen molar-refractivity contribution in [2.24, 2.45) is 5.92 Å². The summed E-state index contributed by atoms with van der Waals surface area (Å²) in [6.45, 7) is 8.49. The third-order valence-corrected chi connectivity index (χ3v) is 1.49. The molecule has 1 rings (SSSR count). The quantitative estimate of drug-likeness (QED) is 0.771. The molecule has 0 atom stereocenters. The van der Waals surface area contributed by atoms with Crippen molar-refractivity contribution in [3.63, 3.8) is 0 Å². The van der Waals surface area contributed by atoms with Crippen molar-refractivity contribution in [2.75, 3.05) is 7.11 Å². The Morgan fingerprint density at radius 2 is 1.31 bits per heavy atom. The molecule has 0 fully saturated rings. The predicted molar refractivity (Wildman–Crippen MR) is 77.9 cm³/mol. The molecule has 0 amide bonds. The van der Waals surface area contributed by atoms with Crippen LogP contribution in [0.4, 0.5) is 0 Å². The molecule has 16 heavy (non-hydrogen) atoms. The summed E-state index contributed by atoms with van der Waals surface area (Å²) < 4.78 is 0. The minimum Gasteiger partial charge on any atom is -0.400 e. The van der Waals surface area contributed by atoms with E-state index in [4.69, 9.17) is 5.11 Å². The van der Waals surface area contributed by atoms with Gasteiger partial charge in [0.15, 0.2) is 0 Å². The summed E-state index contributed by atoms with van der Waals surface area (Å²) in [6, 6.07) is 10.6. The lowest BCUT2D eigenvalue weighted by Crippen LogP contribution is -1.92. The van der Waals surface area contributed by atoms with Crippen LogP contribution in [0.2, 0.25) is 0 Å². The second-order valence-electron chi connectivity index (χ2n) is 3.08. The fraction of sp³-hybridized carbons (Fsp3) is 0.600. The summed E-state index contributed by atoms with van der Waals surface area (Å²) >= 11 is 0. The maximum absolute atomic E-state index is 7.00. The van der Waals surface area contributed by atoms with Gasteiger partial charge in [-0.15, -0.1) is 0 Å². The van der Waals surface area contributed by atoms with Crippen LogP contribution in [0, 0.1) is 5.92 Å². The van der Waals surface area contributed by atoms with Crippen LogP contribution in [0.15, 0.2) is 30.3 Å². The van der Waals surface area contributed by atoms with E-state index in [0.29, 0.717) is 0 Å². The minimum absolute atomic E-state index is 0. The summed E-state index contributed by atoms with van der Waals surface area (Å²) in [5, 5.41) is 7.00. The van der Waals surface area contributed by atoms with Crippen LogP contribution in [-0.2, 0) is 6.42 Å². The smallest absolute Gasteiger partial charge is 0.0319 e. The van der Waals surface area contributed by atoms with Crippen molar-refractivity contribution in [1.82, 2.24) is 0 Å². The molecule has 0 bridgehead atoms. The standard InChI is InChI=1S/C10H14.C2H6.CH4O.2CH4/c1-9(2)8-10-6-4-3-5-7-10;2*1-2;;/h3-7,9H,8H2,1-2H3;1-2H3;2H,1H3;2*1H4. The predicted octanol–water partition coefficient (Wildman–Crippen LogP) is 4.79. The fourth-order valence-electron chi connectivity index (χ4n) is 1.09. The molecule has 0 heterocycles.